The van der Waals surface area contributed by atoms with E-state index in [-0.39, 0.29) is 121 Å². The Bertz CT molecular complexity index is 5480. The predicted octanol–water partition coefficient (Wildman–Crippen LogP) is 20.2. The number of esters is 3. The van der Waals surface area contributed by atoms with Gasteiger partial charge in [0, 0.05) is 17.8 Å². The van der Waals surface area contributed by atoms with Crippen LogP contribution in [0.2, 0.25) is 0 Å². The molecule has 8 fully saturated rings. The third-order valence-corrected chi connectivity index (χ3v) is 28.3. The van der Waals surface area contributed by atoms with Gasteiger partial charge in [-0.2, -0.15) is 0 Å². The summed E-state index contributed by atoms with van der Waals surface area (Å²) in [4.78, 5) is 124. The summed E-state index contributed by atoms with van der Waals surface area (Å²) in [5.74, 6) is -3.14. The Balaban J connectivity index is 0.000000148. The van der Waals surface area contributed by atoms with Crippen molar-refractivity contribution in [3.8, 4) is 0 Å². The Labute approximate surface area is 804 Å². The molecule has 25 nitrogen and oxygen atoms in total. The molecule has 0 spiro atoms. The van der Waals surface area contributed by atoms with Crippen LogP contribution in [0.3, 0.4) is 0 Å². The maximum absolute atomic E-state index is 13.2. The quantitative estimate of drug-likeness (QED) is 0.0148. The number of benzene rings is 9. The summed E-state index contributed by atoms with van der Waals surface area (Å²) in [7, 11) is 0. The summed E-state index contributed by atoms with van der Waals surface area (Å²) in [6, 6.07) is 72.4. The first-order chi connectivity index (χ1) is 65.7. The highest BCUT2D eigenvalue weighted by Gasteiger charge is 2.66. The molecule has 0 radical (unpaired) electrons. The number of ether oxygens (including phenoxy) is 8. The molecule has 0 aliphatic heterocycles. The zero-order chi connectivity index (χ0) is 97.9. The average molecular weight is 1870 g/mol. The Morgan fingerprint density at radius 3 is 0.810 bits per heavy atom. The van der Waals surface area contributed by atoms with Crippen molar-refractivity contribution in [2.24, 2.45) is 47.3 Å². The molecule has 137 heavy (non-hydrogen) atoms. The molecule has 25 heteroatoms. The van der Waals surface area contributed by atoms with E-state index in [1.165, 1.54) is 43.4 Å². The SMILES string of the molecule is CCC1CC1(NC(=O)OC(C)(C)C)C(=O)O.CCC1CC1(NC(=O)OC(C)(C)C)C(=O)OCc1ccccc1.CC[C@H]1C[C@]1(NC(=O)[C@H]1CC[C@H](OCc2cccc3ccccc23)C1)C(=O)O.CC[C@H]1C[C@]1(NC(=O)[C@H]1CC[C@H](OCc2cccc3ccccc23)C1)C(=O)OCc1ccccc1.CC[C@H]1C[C@]1(NC(=O)[C@H]1CC[C@H](OCc2cccc3ccccc23)C1)C(=O)OCc1ccccc1. The van der Waals surface area contributed by atoms with Crippen LogP contribution < -0.4 is 26.6 Å². The van der Waals surface area contributed by atoms with Gasteiger partial charge in [0.25, 0.3) is 0 Å². The molecule has 8 aliphatic carbocycles. The largest absolute Gasteiger partial charge is 0.479 e. The van der Waals surface area contributed by atoms with E-state index in [4.69, 9.17) is 43.0 Å². The molecule has 0 saturated heterocycles. The maximum atomic E-state index is 13.2. The number of nitrogens with one attached hydrogen (secondary N) is 5. The molecule has 16 atom stereocenters. The molecular weight excluding hydrogens is 1740 g/mol. The van der Waals surface area contributed by atoms with Crippen LogP contribution >= 0.6 is 0 Å². The third kappa shape index (κ3) is 26.5. The summed E-state index contributed by atoms with van der Waals surface area (Å²) in [6.07, 6.45) is 12.7. The van der Waals surface area contributed by atoms with Crippen molar-refractivity contribution in [3.63, 3.8) is 0 Å². The molecule has 7 N–H and O–H groups in total. The van der Waals surface area contributed by atoms with Crippen molar-refractivity contribution in [1.29, 1.82) is 0 Å². The molecule has 730 valence electrons. The van der Waals surface area contributed by atoms with Crippen LogP contribution in [0.5, 0.6) is 0 Å². The highest BCUT2D eigenvalue weighted by molar-refractivity contribution is 5.95. The summed E-state index contributed by atoms with van der Waals surface area (Å²) < 4.78 is 45.5. The highest BCUT2D eigenvalue weighted by Crippen LogP contribution is 2.52. The van der Waals surface area contributed by atoms with Crippen molar-refractivity contribution in [2.45, 2.75) is 295 Å². The number of hydrogen-bond donors (Lipinski definition) is 7. The number of carbonyl (C=O) groups excluding carboxylic acids is 8. The van der Waals surface area contributed by atoms with Crippen molar-refractivity contribution in [3.05, 3.63) is 252 Å². The lowest BCUT2D eigenvalue weighted by Crippen LogP contribution is -2.48. The lowest BCUT2D eigenvalue weighted by atomic mass is 10.0. The number of carboxylic acids is 2. The van der Waals surface area contributed by atoms with E-state index in [1.807, 2.05) is 154 Å². The first-order valence-electron chi connectivity index (χ1n) is 49.0. The van der Waals surface area contributed by atoms with Gasteiger partial charge in [-0.1, -0.05) is 285 Å². The number of aliphatic carboxylic acids is 2. The van der Waals surface area contributed by atoms with Gasteiger partial charge >= 0.3 is 42.0 Å². The number of rotatable bonds is 33. The number of fused-ring (bicyclic) bond motifs is 3. The topological polar surface area (TPSA) is 345 Å². The van der Waals surface area contributed by atoms with Crippen LogP contribution in [0.25, 0.3) is 32.3 Å². The number of carboxylic acid groups (broad SMARTS) is 2. The van der Waals surface area contributed by atoms with Gasteiger partial charge in [0.1, 0.15) is 58.7 Å². The third-order valence-electron chi connectivity index (χ3n) is 28.3. The van der Waals surface area contributed by atoms with E-state index in [1.54, 1.807) is 41.5 Å². The van der Waals surface area contributed by atoms with E-state index in [0.29, 0.717) is 71.2 Å². The minimum Gasteiger partial charge on any atom is -0.479 e. The van der Waals surface area contributed by atoms with E-state index >= 15 is 0 Å². The highest BCUT2D eigenvalue weighted by atomic mass is 16.6. The summed E-state index contributed by atoms with van der Waals surface area (Å²) in [5, 5.41) is 40.0. The van der Waals surface area contributed by atoms with Crippen LogP contribution in [0, 0.1) is 47.3 Å². The van der Waals surface area contributed by atoms with Gasteiger partial charge in [-0.15, -0.1) is 0 Å². The summed E-state index contributed by atoms with van der Waals surface area (Å²) in [5.41, 5.74) is 0.259. The lowest BCUT2D eigenvalue weighted by Gasteiger charge is -2.23. The molecule has 17 rings (SSSR count). The fraction of sp³-hybridized carbons (Fsp3) is 0.482. The second-order valence-corrected chi connectivity index (χ2v) is 40.2. The minimum absolute atomic E-state index is 0.0116. The fourth-order valence-electron chi connectivity index (χ4n) is 19.8. The first kappa shape index (κ1) is 102. The van der Waals surface area contributed by atoms with Crippen LogP contribution in [0.15, 0.2) is 218 Å². The Hall–Kier alpha value is -12.1. The first-order valence-corrected chi connectivity index (χ1v) is 49.0. The Kier molecular flexibility index (Phi) is 34.0. The van der Waals surface area contributed by atoms with Gasteiger partial charge in [-0.05, 0) is 227 Å². The second kappa shape index (κ2) is 45.5. The molecule has 9 aromatic rings. The summed E-state index contributed by atoms with van der Waals surface area (Å²) >= 11 is 0. The van der Waals surface area contributed by atoms with Gasteiger partial charge in [0.15, 0.2) is 0 Å². The monoisotopic (exact) mass is 1870 g/mol. The van der Waals surface area contributed by atoms with Gasteiger partial charge in [-0.25, -0.2) is 33.6 Å². The van der Waals surface area contributed by atoms with Gasteiger partial charge in [0.05, 0.1) is 38.1 Å². The molecule has 5 amide bonds. The molecule has 8 saturated carbocycles. The minimum atomic E-state index is -1.10. The predicted molar refractivity (Wildman–Crippen MR) is 522 cm³/mol. The van der Waals surface area contributed by atoms with Crippen molar-refractivity contribution < 1.29 is 96.1 Å². The van der Waals surface area contributed by atoms with Crippen molar-refractivity contribution in [2.75, 3.05) is 0 Å². The smallest absolute Gasteiger partial charge is 0.408 e. The van der Waals surface area contributed by atoms with E-state index in [0.717, 1.165) is 92.9 Å². The molecule has 0 aromatic heterocycles. The maximum Gasteiger partial charge on any atom is 0.408 e. The molecule has 4 unspecified atom stereocenters. The van der Waals surface area contributed by atoms with Crippen LogP contribution in [0.1, 0.15) is 232 Å². The Morgan fingerprint density at radius 1 is 0.299 bits per heavy atom. The van der Waals surface area contributed by atoms with Crippen LogP contribution in [0.4, 0.5) is 9.59 Å². The van der Waals surface area contributed by atoms with Crippen molar-refractivity contribution in [1.82, 2.24) is 26.6 Å². The Morgan fingerprint density at radius 2 is 0.540 bits per heavy atom. The number of hydrogen-bond acceptors (Lipinski definition) is 18. The van der Waals surface area contributed by atoms with E-state index in [9.17, 15) is 53.1 Å². The van der Waals surface area contributed by atoms with Crippen LogP contribution in [-0.2, 0) is 116 Å². The van der Waals surface area contributed by atoms with Gasteiger partial charge < -0.3 is 74.7 Å². The van der Waals surface area contributed by atoms with E-state index in [2.05, 4.69) is 125 Å². The number of carbonyl (C=O) groups is 10. The van der Waals surface area contributed by atoms with Crippen LogP contribution in [-0.4, -0.2) is 127 Å². The molecule has 9 aromatic carbocycles. The average Bonchev–Trinajstić information content (AvgIpc) is 1.58. The van der Waals surface area contributed by atoms with E-state index < -0.39 is 63.0 Å². The molecule has 0 bridgehead atoms. The number of amides is 5. The number of alkyl carbamates (subject to hydrolysis) is 2. The normalized spacial score (nSPS) is 26.1. The fourth-order valence-corrected chi connectivity index (χ4v) is 19.8. The summed E-state index contributed by atoms with van der Waals surface area (Å²) in [6.45, 7) is 22.8. The van der Waals surface area contributed by atoms with Crippen molar-refractivity contribution >= 4 is 92.1 Å². The van der Waals surface area contributed by atoms with Gasteiger partial charge in [-0.3, -0.25) is 14.4 Å². The zero-order valence-electron chi connectivity index (χ0n) is 81.1. The second-order valence-electron chi connectivity index (χ2n) is 40.2. The molecule has 0 heterocycles. The lowest BCUT2D eigenvalue weighted by molar-refractivity contribution is -0.152. The molecule has 8 aliphatic rings. The van der Waals surface area contributed by atoms with Gasteiger partial charge in [0.2, 0.25) is 17.7 Å². The standard InChI is InChI=1S/2C30H33NO4.C23H27NO4.C18H25NO4.C11H19NO4/c2*1-2-25-18-30(25,29(33)35-19-21-9-4-3-5-10-21)31-28(32)23-15-16-26(17-23)34-20-24-13-8-12-22-11-6-7-14-27(22)24;1-2-18-13-23(18,22(26)27)24-21(25)16-10-11-19(12-16)28-14-17-8-5-7-15-6-3-4-9-20(15)17;1-5-14-11-18(14,19-16(21)23-17(2,3)4)15(20)22-12-13-9-7-6-8-10-13;1-5-7-6-11(7,8(13)14)12-9(15)16-10(2,3)4/h2*3-14,23,25-26H,2,15-20H2,1H3,(H,31,32);3-9,16,18-19H,2,10-14H2,1H3,(H,24,25)(H,26,27);6-10,14H,5,11-12H2,1-4H3,(H,19,21);7H,5-6H2,1-4H3,(H,12,15)(H,13,14)/t2*23-,25-,26-,30+;16-,18-,19-,23+;;/m000../s1. The molecular formula is C112H137N5O20. The zero-order valence-corrected chi connectivity index (χ0v) is 81.1.